The quantitative estimate of drug-likeness (QED) is 0.498. The molecule has 0 unspecified atom stereocenters. The van der Waals surface area contributed by atoms with Crippen LogP contribution < -0.4 is 5.32 Å². The van der Waals surface area contributed by atoms with E-state index in [0.717, 1.165) is 22.3 Å². The lowest BCUT2D eigenvalue weighted by atomic mass is 9.98. The van der Waals surface area contributed by atoms with Gasteiger partial charge in [0.1, 0.15) is 6.61 Å². The van der Waals surface area contributed by atoms with E-state index in [1.807, 2.05) is 36.4 Å². The maximum Gasteiger partial charge on any atom is 0.414 e. The van der Waals surface area contributed by atoms with Crippen molar-refractivity contribution in [2.24, 2.45) is 0 Å². The minimum Gasteiger partial charge on any atom is -0.478 e. The molecule has 0 radical (unpaired) electrons. The molecule has 32 heavy (non-hydrogen) atoms. The Morgan fingerprint density at radius 3 is 2.34 bits per heavy atom. The van der Waals surface area contributed by atoms with Gasteiger partial charge in [-0.05, 0) is 50.9 Å². The summed E-state index contributed by atoms with van der Waals surface area (Å²) in [5, 5.41) is 22.9. The molecule has 3 aromatic carbocycles. The Labute approximate surface area is 182 Å². The van der Waals surface area contributed by atoms with Gasteiger partial charge in [0.25, 0.3) is 5.95 Å². The molecule has 1 aliphatic rings. The summed E-state index contributed by atoms with van der Waals surface area (Å²) in [6.45, 7) is 0.149. The lowest BCUT2D eigenvalue weighted by Gasteiger charge is -2.14. The van der Waals surface area contributed by atoms with Crippen LogP contribution in [0, 0.1) is 0 Å². The number of fused-ring (bicyclic) bond motifs is 3. The number of nitrogens with zero attached hydrogens (tertiary/aromatic N) is 4. The third kappa shape index (κ3) is 3.45. The number of carbonyl (C=O) groups is 2. The molecular formula is C23H17N5O4. The smallest absolute Gasteiger partial charge is 0.414 e. The molecular weight excluding hydrogens is 410 g/mol. The summed E-state index contributed by atoms with van der Waals surface area (Å²) in [5.41, 5.74) is 4.96. The van der Waals surface area contributed by atoms with E-state index in [4.69, 9.17) is 4.74 Å². The molecule has 0 spiro atoms. The van der Waals surface area contributed by atoms with E-state index in [0.29, 0.717) is 5.69 Å². The van der Waals surface area contributed by atoms with Crippen molar-refractivity contribution in [1.82, 2.24) is 20.2 Å². The van der Waals surface area contributed by atoms with Crippen molar-refractivity contribution in [3.63, 3.8) is 0 Å². The van der Waals surface area contributed by atoms with E-state index in [1.165, 1.54) is 16.8 Å². The lowest BCUT2D eigenvalue weighted by Crippen LogP contribution is -2.20. The summed E-state index contributed by atoms with van der Waals surface area (Å²) in [4.78, 5) is 23.7. The number of carbonyl (C=O) groups excluding carboxylic acids is 1. The van der Waals surface area contributed by atoms with Crippen LogP contribution >= 0.6 is 0 Å². The standard InChI is InChI=1S/C23H17N5O4/c29-21(30)14-6-5-7-15(12-14)28-22(25-26-27-28)24-23(31)32-13-20-18-10-3-1-8-16(18)17-9-2-4-11-19(17)20/h1-12,20H,13H2,(H,29,30)(H,24,25,27,31). The highest BCUT2D eigenvalue weighted by Crippen LogP contribution is 2.44. The van der Waals surface area contributed by atoms with E-state index in [-0.39, 0.29) is 24.0 Å². The van der Waals surface area contributed by atoms with E-state index in [2.05, 4.69) is 33.0 Å². The van der Waals surface area contributed by atoms with Gasteiger partial charge in [-0.25, -0.2) is 9.59 Å². The molecule has 5 rings (SSSR count). The van der Waals surface area contributed by atoms with Crippen molar-refractivity contribution >= 4 is 18.0 Å². The first-order valence-corrected chi connectivity index (χ1v) is 9.86. The zero-order chi connectivity index (χ0) is 22.1. The molecule has 0 fully saturated rings. The third-order valence-electron chi connectivity index (χ3n) is 5.36. The Hall–Kier alpha value is -4.53. The first kappa shape index (κ1) is 19.4. The monoisotopic (exact) mass is 427 g/mol. The van der Waals surface area contributed by atoms with Crippen LogP contribution in [0.3, 0.4) is 0 Å². The van der Waals surface area contributed by atoms with Gasteiger partial charge >= 0.3 is 12.1 Å². The molecule has 2 N–H and O–H groups in total. The highest BCUT2D eigenvalue weighted by molar-refractivity contribution is 5.88. The number of rotatable bonds is 5. The van der Waals surface area contributed by atoms with Gasteiger partial charge in [0, 0.05) is 5.92 Å². The number of nitrogens with one attached hydrogen (secondary N) is 1. The highest BCUT2D eigenvalue weighted by atomic mass is 16.5. The molecule has 0 bridgehead atoms. The number of anilines is 1. The van der Waals surface area contributed by atoms with Gasteiger partial charge in [-0.1, -0.05) is 59.7 Å². The van der Waals surface area contributed by atoms with E-state index >= 15 is 0 Å². The van der Waals surface area contributed by atoms with Crippen LogP contribution in [0.1, 0.15) is 27.4 Å². The fraction of sp³-hybridized carbons (Fsp3) is 0.0870. The molecule has 4 aromatic rings. The van der Waals surface area contributed by atoms with Crippen LogP contribution in [0.5, 0.6) is 0 Å². The number of hydrogen-bond donors (Lipinski definition) is 2. The number of amides is 1. The summed E-state index contributed by atoms with van der Waals surface area (Å²) in [6.07, 6.45) is -0.711. The van der Waals surface area contributed by atoms with Crippen molar-refractivity contribution in [2.75, 3.05) is 11.9 Å². The number of aromatic nitrogens is 4. The molecule has 1 aromatic heterocycles. The molecule has 0 aliphatic heterocycles. The van der Waals surface area contributed by atoms with Crippen molar-refractivity contribution in [3.8, 4) is 16.8 Å². The van der Waals surface area contributed by atoms with E-state index in [9.17, 15) is 14.7 Å². The first-order chi connectivity index (χ1) is 15.6. The topological polar surface area (TPSA) is 119 Å². The first-order valence-electron chi connectivity index (χ1n) is 9.86. The second kappa shape index (κ2) is 7.95. The lowest BCUT2D eigenvalue weighted by molar-refractivity contribution is 0.0696. The number of tetrazole rings is 1. The highest BCUT2D eigenvalue weighted by Gasteiger charge is 2.29. The third-order valence-corrected chi connectivity index (χ3v) is 5.36. The summed E-state index contributed by atoms with van der Waals surface area (Å²) in [7, 11) is 0. The summed E-state index contributed by atoms with van der Waals surface area (Å²) in [5.74, 6) is -1.13. The molecule has 0 saturated heterocycles. The van der Waals surface area contributed by atoms with Crippen LogP contribution in [0.25, 0.3) is 16.8 Å². The Balaban J connectivity index is 1.32. The molecule has 0 saturated carbocycles. The zero-order valence-corrected chi connectivity index (χ0v) is 16.7. The number of ether oxygens (including phenoxy) is 1. The van der Waals surface area contributed by atoms with Gasteiger partial charge in [0.2, 0.25) is 0 Å². The molecule has 9 heteroatoms. The van der Waals surface area contributed by atoms with E-state index in [1.54, 1.807) is 12.1 Å². The molecule has 158 valence electrons. The fourth-order valence-corrected chi connectivity index (χ4v) is 3.94. The molecule has 9 nitrogen and oxygen atoms in total. The van der Waals surface area contributed by atoms with Crippen molar-refractivity contribution in [2.45, 2.75) is 5.92 Å². The van der Waals surface area contributed by atoms with Crippen LogP contribution in [0.15, 0.2) is 72.8 Å². The minimum absolute atomic E-state index is 0.0183. The van der Waals surface area contributed by atoms with Gasteiger partial charge in [-0.3, -0.25) is 5.32 Å². The van der Waals surface area contributed by atoms with Gasteiger partial charge in [-0.15, -0.1) is 0 Å². The van der Waals surface area contributed by atoms with Crippen LogP contribution in [-0.4, -0.2) is 44.0 Å². The maximum atomic E-state index is 12.5. The Morgan fingerprint density at radius 1 is 0.969 bits per heavy atom. The predicted octanol–water partition coefficient (Wildman–Crippen LogP) is 3.72. The Bertz CT molecular complexity index is 1290. The number of aromatic carboxylic acids is 1. The molecule has 0 atom stereocenters. The van der Waals surface area contributed by atoms with Crippen LogP contribution in [0.2, 0.25) is 0 Å². The van der Waals surface area contributed by atoms with Crippen molar-refractivity contribution in [1.29, 1.82) is 0 Å². The SMILES string of the molecule is O=C(Nc1nnnn1-c1cccc(C(=O)O)c1)OCC1c2ccccc2-c2ccccc21. The summed E-state index contributed by atoms with van der Waals surface area (Å²) >= 11 is 0. The summed E-state index contributed by atoms with van der Waals surface area (Å²) in [6, 6.07) is 22.2. The minimum atomic E-state index is -1.08. The van der Waals surface area contributed by atoms with Gasteiger partial charge in [0.15, 0.2) is 0 Å². The van der Waals surface area contributed by atoms with E-state index < -0.39 is 12.1 Å². The van der Waals surface area contributed by atoms with Gasteiger partial charge < -0.3 is 9.84 Å². The Morgan fingerprint density at radius 2 is 1.66 bits per heavy atom. The second-order valence-electron chi connectivity index (χ2n) is 7.22. The van der Waals surface area contributed by atoms with Crippen molar-refractivity contribution < 1.29 is 19.4 Å². The number of carboxylic acids is 1. The average Bonchev–Trinajstić information content (AvgIpc) is 3.40. The molecule has 1 amide bonds. The molecule has 1 heterocycles. The number of hydrogen-bond acceptors (Lipinski definition) is 6. The van der Waals surface area contributed by atoms with Crippen LogP contribution in [0.4, 0.5) is 10.7 Å². The maximum absolute atomic E-state index is 12.5. The second-order valence-corrected chi connectivity index (χ2v) is 7.22. The fourth-order valence-electron chi connectivity index (χ4n) is 3.94. The number of benzene rings is 3. The van der Waals surface area contributed by atoms with Gasteiger partial charge in [0.05, 0.1) is 11.3 Å². The molecule has 1 aliphatic carbocycles. The average molecular weight is 427 g/mol. The van der Waals surface area contributed by atoms with Crippen LogP contribution in [-0.2, 0) is 4.74 Å². The predicted molar refractivity (Wildman–Crippen MR) is 115 cm³/mol. The van der Waals surface area contributed by atoms with Crippen molar-refractivity contribution in [3.05, 3.63) is 89.5 Å². The summed E-state index contributed by atoms with van der Waals surface area (Å²) < 4.78 is 6.74. The normalized spacial score (nSPS) is 12.1. The largest absolute Gasteiger partial charge is 0.478 e. The number of carboxylic acid groups (broad SMARTS) is 1. The van der Waals surface area contributed by atoms with Gasteiger partial charge in [-0.2, -0.15) is 4.68 Å². The zero-order valence-electron chi connectivity index (χ0n) is 16.7. The Kier molecular flexibility index (Phi) is 4.83.